The summed E-state index contributed by atoms with van der Waals surface area (Å²) >= 11 is 0. The Kier molecular flexibility index (Phi) is 5.68. The Morgan fingerprint density at radius 1 is 1.07 bits per heavy atom. The van der Waals surface area contributed by atoms with Gasteiger partial charge in [0, 0.05) is 49.2 Å². The van der Waals surface area contributed by atoms with Crippen LogP contribution in [0.25, 0.3) is 22.2 Å². The summed E-state index contributed by atoms with van der Waals surface area (Å²) in [6, 6.07) is 14.2. The van der Waals surface area contributed by atoms with Crippen molar-refractivity contribution in [3.8, 4) is 22.8 Å². The maximum absolute atomic E-state index is 12.7. The van der Waals surface area contributed by atoms with Gasteiger partial charge in [0.2, 0.25) is 5.91 Å². The van der Waals surface area contributed by atoms with E-state index in [4.69, 9.17) is 14.2 Å². The minimum absolute atomic E-state index is 0.00958. The van der Waals surface area contributed by atoms with Crippen molar-refractivity contribution in [3.63, 3.8) is 0 Å². The van der Waals surface area contributed by atoms with Crippen LogP contribution in [0.4, 0.5) is 0 Å². The zero-order chi connectivity index (χ0) is 21.3. The molecule has 1 aromatic heterocycles. The van der Waals surface area contributed by atoms with E-state index in [9.17, 15) is 4.79 Å². The average Bonchev–Trinajstić information content (AvgIpc) is 3.28. The molecular weight excluding hydrogens is 380 g/mol. The number of hydrogen-bond donors (Lipinski definition) is 0. The molecule has 0 unspecified atom stereocenters. The smallest absolute Gasteiger partial charge is 0.223 e. The Balaban J connectivity index is 1.98. The number of carbonyl (C=O) groups excluding carboxylic acids is 1. The molecule has 6 nitrogen and oxygen atoms in total. The molecule has 1 atom stereocenters. The van der Waals surface area contributed by atoms with E-state index in [0.717, 1.165) is 45.6 Å². The average molecular weight is 408 g/mol. The molecule has 0 bridgehead atoms. The fourth-order valence-electron chi connectivity index (χ4n) is 4.59. The number of fused-ring (bicyclic) bond motifs is 1. The highest BCUT2D eigenvalue weighted by Gasteiger charge is 2.36. The molecule has 2 aromatic carbocycles. The predicted molar refractivity (Wildman–Crippen MR) is 117 cm³/mol. The normalized spacial score (nSPS) is 16.5. The Labute approximate surface area is 176 Å². The van der Waals surface area contributed by atoms with Gasteiger partial charge in [0.25, 0.3) is 0 Å². The van der Waals surface area contributed by atoms with Gasteiger partial charge in [-0.2, -0.15) is 0 Å². The number of carbonyl (C=O) groups is 1. The van der Waals surface area contributed by atoms with Gasteiger partial charge in [-0.1, -0.05) is 18.2 Å². The number of ether oxygens (including phenoxy) is 3. The van der Waals surface area contributed by atoms with Gasteiger partial charge in [-0.3, -0.25) is 4.79 Å². The van der Waals surface area contributed by atoms with Crippen molar-refractivity contribution in [1.82, 2.24) is 9.47 Å². The number of amides is 1. The highest BCUT2D eigenvalue weighted by molar-refractivity contribution is 5.95. The molecule has 1 aliphatic rings. The van der Waals surface area contributed by atoms with E-state index < -0.39 is 0 Å². The second-order valence-electron chi connectivity index (χ2n) is 7.54. The lowest BCUT2D eigenvalue weighted by Gasteiger charge is -2.26. The summed E-state index contributed by atoms with van der Waals surface area (Å²) in [6.07, 6.45) is 1.34. The number of benzene rings is 2. The second-order valence-corrected chi connectivity index (χ2v) is 7.54. The number of rotatable bonds is 7. The summed E-state index contributed by atoms with van der Waals surface area (Å²) in [5.74, 6) is 1.71. The number of aromatic nitrogens is 1. The number of likely N-dealkylation sites (tertiary alicyclic amines) is 1. The number of aryl methyl sites for hydroxylation is 1. The third-order valence-corrected chi connectivity index (χ3v) is 6.01. The van der Waals surface area contributed by atoms with Gasteiger partial charge in [0.1, 0.15) is 11.5 Å². The SMILES string of the molecule is COCCN1C(=O)CC[C@H]1c1c(-c2cc(OC)ccc2OC)n(C)c2ccccc12. The first kappa shape index (κ1) is 20.3. The Bertz CT molecular complexity index is 1070. The van der Waals surface area contributed by atoms with E-state index in [1.54, 1.807) is 21.3 Å². The molecule has 6 heteroatoms. The summed E-state index contributed by atoms with van der Waals surface area (Å²) in [7, 11) is 7.07. The zero-order valence-electron chi connectivity index (χ0n) is 18.0. The molecule has 0 spiro atoms. The van der Waals surface area contributed by atoms with Crippen molar-refractivity contribution in [2.24, 2.45) is 7.05 Å². The molecule has 0 saturated carbocycles. The van der Waals surface area contributed by atoms with Crippen molar-refractivity contribution in [2.45, 2.75) is 18.9 Å². The van der Waals surface area contributed by atoms with E-state index in [1.807, 2.05) is 29.2 Å². The molecule has 1 amide bonds. The van der Waals surface area contributed by atoms with Gasteiger partial charge in [0.05, 0.1) is 32.6 Å². The lowest BCUT2D eigenvalue weighted by Crippen LogP contribution is -2.31. The standard InChI is InChI=1S/C24H28N2O4/c1-25-19-8-6-5-7-17(19)23(20-10-12-22(27)26(20)13-14-28-2)24(25)18-15-16(29-3)9-11-21(18)30-4/h5-9,11,15,20H,10,12-14H2,1-4H3/t20-/m0/s1. The molecule has 0 aliphatic carbocycles. The van der Waals surface area contributed by atoms with Crippen LogP contribution in [0.15, 0.2) is 42.5 Å². The van der Waals surface area contributed by atoms with Crippen LogP contribution in [0.5, 0.6) is 11.5 Å². The third-order valence-electron chi connectivity index (χ3n) is 6.01. The minimum Gasteiger partial charge on any atom is -0.497 e. The van der Waals surface area contributed by atoms with Crippen LogP contribution in [0.3, 0.4) is 0 Å². The summed E-state index contributed by atoms with van der Waals surface area (Å²) in [5, 5.41) is 1.15. The van der Waals surface area contributed by atoms with Crippen LogP contribution in [0.2, 0.25) is 0 Å². The fourth-order valence-corrected chi connectivity index (χ4v) is 4.59. The van der Waals surface area contributed by atoms with Crippen molar-refractivity contribution in [3.05, 3.63) is 48.0 Å². The first-order chi connectivity index (χ1) is 14.6. The van der Waals surface area contributed by atoms with Crippen molar-refractivity contribution in [1.29, 1.82) is 0 Å². The van der Waals surface area contributed by atoms with E-state index >= 15 is 0 Å². The van der Waals surface area contributed by atoms with Crippen LogP contribution in [0, 0.1) is 0 Å². The molecule has 1 fully saturated rings. The molecule has 0 radical (unpaired) electrons. The summed E-state index contributed by atoms with van der Waals surface area (Å²) < 4.78 is 18.7. The topological polar surface area (TPSA) is 52.9 Å². The van der Waals surface area contributed by atoms with Crippen molar-refractivity contribution >= 4 is 16.8 Å². The monoisotopic (exact) mass is 408 g/mol. The number of hydrogen-bond acceptors (Lipinski definition) is 4. The lowest BCUT2D eigenvalue weighted by atomic mass is 9.96. The lowest BCUT2D eigenvalue weighted by molar-refractivity contribution is -0.129. The fraction of sp³-hybridized carbons (Fsp3) is 0.375. The maximum atomic E-state index is 12.7. The largest absolute Gasteiger partial charge is 0.497 e. The van der Waals surface area contributed by atoms with Crippen LogP contribution < -0.4 is 9.47 Å². The van der Waals surface area contributed by atoms with Crippen LogP contribution in [-0.4, -0.2) is 49.9 Å². The third kappa shape index (κ3) is 3.31. The number of methoxy groups -OCH3 is 3. The first-order valence-corrected chi connectivity index (χ1v) is 10.2. The van der Waals surface area contributed by atoms with Crippen molar-refractivity contribution in [2.75, 3.05) is 34.5 Å². The van der Waals surface area contributed by atoms with Crippen LogP contribution >= 0.6 is 0 Å². The molecular formula is C24H28N2O4. The highest BCUT2D eigenvalue weighted by Crippen LogP contribution is 2.46. The van der Waals surface area contributed by atoms with Crippen LogP contribution in [0.1, 0.15) is 24.4 Å². The molecule has 1 aliphatic heterocycles. The highest BCUT2D eigenvalue weighted by atomic mass is 16.5. The second kappa shape index (κ2) is 8.40. The number of para-hydroxylation sites is 1. The quantitative estimate of drug-likeness (QED) is 0.589. The maximum Gasteiger partial charge on any atom is 0.223 e. The van der Waals surface area contributed by atoms with E-state index in [0.29, 0.717) is 19.6 Å². The van der Waals surface area contributed by atoms with Gasteiger partial charge in [0.15, 0.2) is 0 Å². The zero-order valence-corrected chi connectivity index (χ0v) is 18.0. The molecule has 2 heterocycles. The van der Waals surface area contributed by atoms with Gasteiger partial charge in [-0.25, -0.2) is 0 Å². The Morgan fingerprint density at radius 3 is 2.60 bits per heavy atom. The predicted octanol–water partition coefficient (Wildman–Crippen LogP) is 4.17. The summed E-state index contributed by atoms with van der Waals surface area (Å²) in [6.45, 7) is 1.10. The van der Waals surface area contributed by atoms with E-state index in [1.165, 1.54) is 0 Å². The summed E-state index contributed by atoms with van der Waals surface area (Å²) in [4.78, 5) is 14.7. The Morgan fingerprint density at radius 2 is 1.87 bits per heavy atom. The van der Waals surface area contributed by atoms with E-state index in [2.05, 4.69) is 29.8 Å². The van der Waals surface area contributed by atoms with Gasteiger partial charge < -0.3 is 23.7 Å². The summed E-state index contributed by atoms with van der Waals surface area (Å²) in [5.41, 5.74) is 4.28. The van der Waals surface area contributed by atoms with Crippen molar-refractivity contribution < 1.29 is 19.0 Å². The first-order valence-electron chi connectivity index (χ1n) is 10.2. The van der Waals surface area contributed by atoms with Gasteiger partial charge in [-0.05, 0) is 30.7 Å². The minimum atomic E-state index is -0.00958. The van der Waals surface area contributed by atoms with Crippen LogP contribution in [-0.2, 0) is 16.6 Å². The molecule has 1 saturated heterocycles. The van der Waals surface area contributed by atoms with E-state index in [-0.39, 0.29) is 11.9 Å². The molecule has 3 aromatic rings. The molecule has 4 rings (SSSR count). The molecule has 158 valence electrons. The molecule has 0 N–H and O–H groups in total. The number of nitrogens with zero attached hydrogens (tertiary/aromatic N) is 2. The molecule has 30 heavy (non-hydrogen) atoms. The Hall–Kier alpha value is -2.99. The van der Waals surface area contributed by atoms with Gasteiger partial charge in [-0.15, -0.1) is 0 Å². The van der Waals surface area contributed by atoms with Gasteiger partial charge >= 0.3 is 0 Å².